The summed E-state index contributed by atoms with van der Waals surface area (Å²) >= 11 is 0. The van der Waals surface area contributed by atoms with E-state index in [0.29, 0.717) is 39.0 Å². The van der Waals surface area contributed by atoms with E-state index in [9.17, 15) is 14.4 Å². The van der Waals surface area contributed by atoms with E-state index in [2.05, 4.69) is 10.6 Å². The predicted octanol–water partition coefficient (Wildman–Crippen LogP) is 0.409. The third kappa shape index (κ3) is 5.46. The molecule has 1 aliphatic rings. The maximum Gasteiger partial charge on any atom is 0.317 e. The number of carboxylic acids is 1. The van der Waals surface area contributed by atoms with Crippen molar-refractivity contribution in [1.82, 2.24) is 15.5 Å². The number of amides is 3. The van der Waals surface area contributed by atoms with Crippen LogP contribution in [0.2, 0.25) is 0 Å². The van der Waals surface area contributed by atoms with Gasteiger partial charge in [-0.25, -0.2) is 4.79 Å². The molecule has 3 N–H and O–H groups in total. The largest absolute Gasteiger partial charge is 0.481 e. The fourth-order valence-electron chi connectivity index (χ4n) is 2.08. The van der Waals surface area contributed by atoms with Crippen LogP contribution in [0.4, 0.5) is 4.79 Å². The zero-order valence-electron chi connectivity index (χ0n) is 11.9. The summed E-state index contributed by atoms with van der Waals surface area (Å²) in [5.74, 6) is -1.21. The Hall–Kier alpha value is -1.79. The first kappa shape index (κ1) is 16.3. The third-order valence-electron chi connectivity index (χ3n) is 3.33. The van der Waals surface area contributed by atoms with E-state index in [1.807, 2.05) is 6.92 Å². The van der Waals surface area contributed by atoms with Crippen LogP contribution in [-0.2, 0) is 9.59 Å². The normalized spacial score (nSPS) is 15.8. The van der Waals surface area contributed by atoms with Crippen LogP contribution in [-0.4, -0.2) is 54.1 Å². The summed E-state index contributed by atoms with van der Waals surface area (Å²) in [6.07, 6.45) is 2.12. The Labute approximate surface area is 118 Å². The molecule has 0 aromatic rings. The summed E-state index contributed by atoms with van der Waals surface area (Å²) in [4.78, 5) is 35.5. The van der Waals surface area contributed by atoms with Crippen molar-refractivity contribution in [1.29, 1.82) is 0 Å². The van der Waals surface area contributed by atoms with E-state index in [1.165, 1.54) is 0 Å². The zero-order valence-corrected chi connectivity index (χ0v) is 11.9. The minimum atomic E-state index is -0.794. The number of likely N-dealkylation sites (tertiary alicyclic amines) is 1. The van der Waals surface area contributed by atoms with Crippen molar-refractivity contribution in [3.63, 3.8) is 0 Å². The molecule has 1 fully saturated rings. The molecule has 7 heteroatoms. The lowest BCUT2D eigenvalue weighted by molar-refractivity contribution is -0.143. The number of nitrogens with zero attached hydrogens (tertiary/aromatic N) is 1. The number of nitrogens with one attached hydrogen (secondary N) is 2. The van der Waals surface area contributed by atoms with Crippen LogP contribution in [0.1, 0.15) is 32.6 Å². The summed E-state index contributed by atoms with van der Waals surface area (Å²) in [6, 6.07) is -0.225. The highest BCUT2D eigenvalue weighted by Gasteiger charge is 2.26. The van der Waals surface area contributed by atoms with E-state index in [0.717, 1.165) is 6.42 Å². The molecule has 1 aliphatic heterocycles. The average Bonchev–Trinajstić information content (AvgIpc) is 2.45. The van der Waals surface area contributed by atoms with Gasteiger partial charge in [0.15, 0.2) is 0 Å². The molecule has 0 bridgehead atoms. The number of hydrogen-bond acceptors (Lipinski definition) is 3. The van der Waals surface area contributed by atoms with E-state index in [-0.39, 0.29) is 24.3 Å². The molecule has 0 aromatic carbocycles. The Bertz CT molecular complexity index is 352. The Morgan fingerprint density at radius 3 is 2.35 bits per heavy atom. The van der Waals surface area contributed by atoms with Gasteiger partial charge in [0.1, 0.15) is 0 Å². The summed E-state index contributed by atoms with van der Waals surface area (Å²) in [7, 11) is 0. The second-order valence-corrected chi connectivity index (χ2v) is 4.93. The Morgan fingerprint density at radius 1 is 1.15 bits per heavy atom. The fourth-order valence-corrected chi connectivity index (χ4v) is 2.08. The van der Waals surface area contributed by atoms with E-state index in [4.69, 9.17) is 5.11 Å². The predicted molar refractivity (Wildman–Crippen MR) is 73.2 cm³/mol. The van der Waals surface area contributed by atoms with Gasteiger partial charge >= 0.3 is 12.0 Å². The van der Waals surface area contributed by atoms with Gasteiger partial charge in [-0.15, -0.1) is 0 Å². The van der Waals surface area contributed by atoms with Crippen molar-refractivity contribution < 1.29 is 19.5 Å². The van der Waals surface area contributed by atoms with E-state index in [1.54, 1.807) is 4.90 Å². The van der Waals surface area contributed by atoms with Gasteiger partial charge in [-0.3, -0.25) is 9.59 Å². The lowest BCUT2D eigenvalue weighted by atomic mass is 9.97. The standard InChI is InChI=1S/C13H23N3O4/c1-2-6-14-11(17)3-7-15-13(20)16-8-4-10(5-9-16)12(18)19/h10H,2-9H2,1H3,(H,14,17)(H,15,20)(H,18,19). The number of rotatable bonds is 6. The van der Waals surface area contributed by atoms with Gasteiger partial charge in [0.2, 0.25) is 5.91 Å². The molecular weight excluding hydrogens is 262 g/mol. The van der Waals surface area contributed by atoms with Crippen LogP contribution < -0.4 is 10.6 Å². The molecule has 0 atom stereocenters. The van der Waals surface area contributed by atoms with Gasteiger partial charge in [0, 0.05) is 32.6 Å². The van der Waals surface area contributed by atoms with Crippen LogP contribution in [0.15, 0.2) is 0 Å². The number of aliphatic carboxylic acids is 1. The van der Waals surface area contributed by atoms with Gasteiger partial charge in [-0.05, 0) is 19.3 Å². The maximum atomic E-state index is 11.8. The molecule has 20 heavy (non-hydrogen) atoms. The van der Waals surface area contributed by atoms with Crippen molar-refractivity contribution >= 4 is 17.9 Å². The monoisotopic (exact) mass is 285 g/mol. The van der Waals surface area contributed by atoms with Crippen molar-refractivity contribution in [3.8, 4) is 0 Å². The van der Waals surface area contributed by atoms with Crippen molar-refractivity contribution in [2.75, 3.05) is 26.2 Å². The highest BCUT2D eigenvalue weighted by atomic mass is 16.4. The van der Waals surface area contributed by atoms with Gasteiger partial charge in [0.05, 0.1) is 5.92 Å². The SMILES string of the molecule is CCCNC(=O)CCNC(=O)N1CCC(C(=O)O)CC1. The second kappa shape index (κ2) is 8.39. The molecule has 1 saturated heterocycles. The van der Waals surface area contributed by atoms with Crippen LogP contribution in [0.3, 0.4) is 0 Å². The molecule has 1 rings (SSSR count). The Morgan fingerprint density at radius 2 is 1.80 bits per heavy atom. The maximum absolute atomic E-state index is 11.8. The fraction of sp³-hybridized carbons (Fsp3) is 0.769. The second-order valence-electron chi connectivity index (χ2n) is 4.93. The molecule has 1 heterocycles. The summed E-state index contributed by atoms with van der Waals surface area (Å²) in [5.41, 5.74) is 0. The number of hydrogen-bond donors (Lipinski definition) is 3. The molecule has 0 radical (unpaired) electrons. The highest BCUT2D eigenvalue weighted by molar-refractivity contribution is 5.78. The quantitative estimate of drug-likeness (QED) is 0.658. The number of piperidine rings is 1. The first-order valence-electron chi connectivity index (χ1n) is 7.06. The lowest BCUT2D eigenvalue weighted by Crippen LogP contribution is -2.46. The van der Waals surface area contributed by atoms with Gasteiger partial charge < -0.3 is 20.6 Å². The molecule has 0 saturated carbocycles. The molecule has 0 unspecified atom stereocenters. The van der Waals surface area contributed by atoms with Crippen LogP contribution >= 0.6 is 0 Å². The molecule has 0 spiro atoms. The van der Waals surface area contributed by atoms with Crippen LogP contribution in [0.25, 0.3) is 0 Å². The van der Waals surface area contributed by atoms with Crippen LogP contribution in [0.5, 0.6) is 0 Å². The number of carbonyl (C=O) groups excluding carboxylic acids is 2. The Balaban J connectivity index is 2.17. The molecule has 114 valence electrons. The Kier molecular flexibility index (Phi) is 6.83. The van der Waals surface area contributed by atoms with Crippen LogP contribution in [0, 0.1) is 5.92 Å². The molecule has 0 aliphatic carbocycles. The lowest BCUT2D eigenvalue weighted by Gasteiger charge is -2.30. The molecule has 7 nitrogen and oxygen atoms in total. The van der Waals surface area contributed by atoms with Crippen molar-refractivity contribution in [2.24, 2.45) is 5.92 Å². The van der Waals surface area contributed by atoms with Gasteiger partial charge in [0.25, 0.3) is 0 Å². The van der Waals surface area contributed by atoms with Gasteiger partial charge in [-0.1, -0.05) is 6.92 Å². The molecule has 3 amide bonds. The minimum absolute atomic E-state index is 0.0725. The van der Waals surface area contributed by atoms with E-state index >= 15 is 0 Å². The summed E-state index contributed by atoms with van der Waals surface area (Å²) in [5, 5.41) is 14.3. The molecular formula is C13H23N3O4. The topological polar surface area (TPSA) is 98.7 Å². The number of carbonyl (C=O) groups is 3. The first-order chi connectivity index (χ1) is 9.54. The summed E-state index contributed by atoms with van der Waals surface area (Å²) < 4.78 is 0. The summed E-state index contributed by atoms with van der Waals surface area (Å²) in [6.45, 7) is 3.82. The average molecular weight is 285 g/mol. The zero-order chi connectivity index (χ0) is 15.0. The highest BCUT2D eigenvalue weighted by Crippen LogP contribution is 2.16. The van der Waals surface area contributed by atoms with E-state index < -0.39 is 5.97 Å². The van der Waals surface area contributed by atoms with Crippen molar-refractivity contribution in [3.05, 3.63) is 0 Å². The van der Waals surface area contributed by atoms with Crippen molar-refractivity contribution in [2.45, 2.75) is 32.6 Å². The minimum Gasteiger partial charge on any atom is -0.481 e. The molecule has 0 aromatic heterocycles. The smallest absolute Gasteiger partial charge is 0.317 e. The number of urea groups is 1. The van der Waals surface area contributed by atoms with Gasteiger partial charge in [-0.2, -0.15) is 0 Å². The first-order valence-corrected chi connectivity index (χ1v) is 7.06. The third-order valence-corrected chi connectivity index (χ3v) is 3.33. The number of carboxylic acid groups (broad SMARTS) is 1.